The molecular formula is C17H23N3O. The van der Waals surface area contributed by atoms with Crippen molar-refractivity contribution in [3.8, 4) is 0 Å². The first-order valence-corrected chi connectivity index (χ1v) is 7.21. The monoisotopic (exact) mass is 285 g/mol. The fourth-order valence-corrected chi connectivity index (χ4v) is 2.32. The normalized spacial score (nSPS) is 11.6. The summed E-state index contributed by atoms with van der Waals surface area (Å²) in [5, 5.41) is 7.19. The standard InChI is InChI=1S/C17H23N3O/c1-12-5-7-14-9-13(6-8-15(14)20-12)10-19-11-17(2,3)16(21)18-4/h5-9,19H,10-11H2,1-4H3,(H,18,21). The molecule has 0 fully saturated rings. The van der Waals surface area contributed by atoms with Crippen LogP contribution in [0.5, 0.6) is 0 Å². The van der Waals surface area contributed by atoms with Crippen LogP contribution in [0.3, 0.4) is 0 Å². The quantitative estimate of drug-likeness (QED) is 0.887. The minimum Gasteiger partial charge on any atom is -0.359 e. The number of pyridine rings is 1. The van der Waals surface area contributed by atoms with Crippen LogP contribution in [0.25, 0.3) is 10.9 Å². The van der Waals surface area contributed by atoms with Crippen molar-refractivity contribution in [2.75, 3.05) is 13.6 Å². The molecule has 1 heterocycles. The first-order valence-electron chi connectivity index (χ1n) is 7.21. The van der Waals surface area contributed by atoms with Crippen LogP contribution in [0.1, 0.15) is 25.1 Å². The van der Waals surface area contributed by atoms with Gasteiger partial charge in [0.05, 0.1) is 10.9 Å². The van der Waals surface area contributed by atoms with E-state index in [9.17, 15) is 4.79 Å². The Labute approximate surface area is 126 Å². The van der Waals surface area contributed by atoms with Crippen LogP contribution < -0.4 is 10.6 Å². The molecule has 0 aliphatic heterocycles. The topological polar surface area (TPSA) is 54.0 Å². The van der Waals surface area contributed by atoms with E-state index in [1.165, 1.54) is 5.56 Å². The highest BCUT2D eigenvalue weighted by atomic mass is 16.2. The van der Waals surface area contributed by atoms with Gasteiger partial charge in [-0.15, -0.1) is 0 Å². The number of aryl methyl sites for hydroxylation is 1. The molecule has 2 aromatic rings. The summed E-state index contributed by atoms with van der Waals surface area (Å²) in [5.74, 6) is 0.0492. The number of nitrogens with zero attached hydrogens (tertiary/aromatic N) is 1. The minimum absolute atomic E-state index is 0.0492. The molecule has 0 radical (unpaired) electrons. The molecular weight excluding hydrogens is 262 g/mol. The zero-order valence-corrected chi connectivity index (χ0v) is 13.2. The Bertz CT molecular complexity index is 650. The summed E-state index contributed by atoms with van der Waals surface area (Å²) in [6.45, 7) is 7.24. The first kappa shape index (κ1) is 15.4. The van der Waals surface area contributed by atoms with Crippen molar-refractivity contribution in [3.05, 3.63) is 41.6 Å². The van der Waals surface area contributed by atoms with Gasteiger partial charge in [0.1, 0.15) is 0 Å². The molecule has 0 aliphatic carbocycles. The maximum absolute atomic E-state index is 11.7. The van der Waals surface area contributed by atoms with Gasteiger partial charge in [-0.25, -0.2) is 0 Å². The second kappa shape index (κ2) is 6.22. The molecule has 4 heteroatoms. The Balaban J connectivity index is 2.01. The molecule has 112 valence electrons. The second-order valence-corrected chi connectivity index (χ2v) is 6.05. The third-order valence-corrected chi connectivity index (χ3v) is 3.63. The molecule has 0 saturated carbocycles. The van der Waals surface area contributed by atoms with Crippen LogP contribution in [0, 0.1) is 12.3 Å². The number of carbonyl (C=O) groups excluding carboxylic acids is 1. The van der Waals surface area contributed by atoms with Crippen LogP contribution in [-0.4, -0.2) is 24.5 Å². The van der Waals surface area contributed by atoms with Crippen LogP contribution in [0.15, 0.2) is 30.3 Å². The molecule has 1 amide bonds. The minimum atomic E-state index is -0.412. The van der Waals surface area contributed by atoms with Crippen LogP contribution >= 0.6 is 0 Å². The van der Waals surface area contributed by atoms with Gasteiger partial charge in [0.15, 0.2) is 0 Å². The highest BCUT2D eigenvalue weighted by Gasteiger charge is 2.25. The number of rotatable bonds is 5. The van der Waals surface area contributed by atoms with Gasteiger partial charge < -0.3 is 10.6 Å². The summed E-state index contributed by atoms with van der Waals surface area (Å²) < 4.78 is 0. The van der Waals surface area contributed by atoms with Crippen molar-refractivity contribution >= 4 is 16.8 Å². The fraction of sp³-hybridized carbons (Fsp3) is 0.412. The fourth-order valence-electron chi connectivity index (χ4n) is 2.32. The number of carbonyl (C=O) groups is 1. The van der Waals surface area contributed by atoms with E-state index < -0.39 is 5.41 Å². The maximum atomic E-state index is 11.7. The van der Waals surface area contributed by atoms with E-state index in [1.807, 2.05) is 32.9 Å². The zero-order chi connectivity index (χ0) is 15.5. The number of hydrogen-bond acceptors (Lipinski definition) is 3. The molecule has 0 unspecified atom stereocenters. The van der Waals surface area contributed by atoms with Gasteiger partial charge in [-0.1, -0.05) is 12.1 Å². The molecule has 1 aromatic carbocycles. The Morgan fingerprint density at radius 1 is 1.24 bits per heavy atom. The SMILES string of the molecule is CNC(=O)C(C)(C)CNCc1ccc2nc(C)ccc2c1. The van der Waals surface area contributed by atoms with Crippen molar-refractivity contribution in [1.29, 1.82) is 0 Å². The third kappa shape index (κ3) is 3.79. The molecule has 0 saturated heterocycles. The smallest absolute Gasteiger partial charge is 0.226 e. The van der Waals surface area contributed by atoms with Gasteiger partial charge in [-0.05, 0) is 44.5 Å². The first-order chi connectivity index (χ1) is 9.92. The van der Waals surface area contributed by atoms with E-state index >= 15 is 0 Å². The molecule has 0 spiro atoms. The van der Waals surface area contributed by atoms with Gasteiger partial charge in [-0.3, -0.25) is 9.78 Å². The molecule has 2 N–H and O–H groups in total. The number of fused-ring (bicyclic) bond motifs is 1. The summed E-state index contributed by atoms with van der Waals surface area (Å²) in [4.78, 5) is 16.2. The largest absolute Gasteiger partial charge is 0.359 e. The van der Waals surface area contributed by atoms with E-state index in [1.54, 1.807) is 7.05 Å². The van der Waals surface area contributed by atoms with Gasteiger partial charge in [0.2, 0.25) is 5.91 Å². The Kier molecular flexibility index (Phi) is 4.58. The lowest BCUT2D eigenvalue weighted by molar-refractivity contribution is -0.128. The Hall–Kier alpha value is -1.94. The van der Waals surface area contributed by atoms with Crippen molar-refractivity contribution < 1.29 is 4.79 Å². The summed E-state index contributed by atoms with van der Waals surface area (Å²) in [5.41, 5.74) is 2.83. The second-order valence-electron chi connectivity index (χ2n) is 6.05. The number of aromatic nitrogens is 1. The van der Waals surface area contributed by atoms with Gasteiger partial charge in [-0.2, -0.15) is 0 Å². The van der Waals surface area contributed by atoms with E-state index in [-0.39, 0.29) is 5.91 Å². The average Bonchev–Trinajstić information content (AvgIpc) is 2.46. The van der Waals surface area contributed by atoms with Crippen molar-refractivity contribution in [1.82, 2.24) is 15.6 Å². The van der Waals surface area contributed by atoms with Gasteiger partial charge >= 0.3 is 0 Å². The van der Waals surface area contributed by atoms with Gasteiger partial charge in [0.25, 0.3) is 0 Å². The van der Waals surface area contributed by atoms with E-state index in [2.05, 4.69) is 33.8 Å². The van der Waals surface area contributed by atoms with Crippen LogP contribution in [-0.2, 0) is 11.3 Å². The highest BCUT2D eigenvalue weighted by Crippen LogP contribution is 2.16. The summed E-state index contributed by atoms with van der Waals surface area (Å²) in [7, 11) is 1.67. The average molecular weight is 285 g/mol. The molecule has 4 nitrogen and oxygen atoms in total. The Morgan fingerprint density at radius 2 is 2.00 bits per heavy atom. The van der Waals surface area contributed by atoms with Crippen molar-refractivity contribution in [3.63, 3.8) is 0 Å². The zero-order valence-electron chi connectivity index (χ0n) is 13.2. The van der Waals surface area contributed by atoms with Crippen LogP contribution in [0.2, 0.25) is 0 Å². The van der Waals surface area contributed by atoms with Crippen LogP contribution in [0.4, 0.5) is 0 Å². The van der Waals surface area contributed by atoms with Gasteiger partial charge in [0, 0.05) is 31.2 Å². The number of nitrogens with one attached hydrogen (secondary N) is 2. The van der Waals surface area contributed by atoms with E-state index in [0.717, 1.165) is 23.1 Å². The summed E-state index contributed by atoms with van der Waals surface area (Å²) in [6.07, 6.45) is 0. The maximum Gasteiger partial charge on any atom is 0.226 e. The summed E-state index contributed by atoms with van der Waals surface area (Å²) in [6, 6.07) is 10.4. The predicted octanol–water partition coefficient (Wildman–Crippen LogP) is 2.41. The van der Waals surface area contributed by atoms with E-state index in [0.29, 0.717) is 6.54 Å². The van der Waals surface area contributed by atoms with E-state index in [4.69, 9.17) is 0 Å². The lowest BCUT2D eigenvalue weighted by Crippen LogP contribution is -2.41. The highest BCUT2D eigenvalue weighted by molar-refractivity contribution is 5.81. The lowest BCUT2D eigenvalue weighted by atomic mass is 9.92. The number of amides is 1. The lowest BCUT2D eigenvalue weighted by Gasteiger charge is -2.23. The molecule has 2 rings (SSSR count). The third-order valence-electron chi connectivity index (χ3n) is 3.63. The molecule has 0 aliphatic rings. The van der Waals surface area contributed by atoms with Crippen molar-refractivity contribution in [2.45, 2.75) is 27.3 Å². The molecule has 0 atom stereocenters. The number of benzene rings is 1. The number of hydrogen-bond donors (Lipinski definition) is 2. The Morgan fingerprint density at radius 3 is 2.71 bits per heavy atom. The summed E-state index contributed by atoms with van der Waals surface area (Å²) >= 11 is 0. The molecule has 21 heavy (non-hydrogen) atoms. The molecule has 0 bridgehead atoms. The molecule has 1 aromatic heterocycles. The predicted molar refractivity (Wildman–Crippen MR) is 86.0 cm³/mol. The van der Waals surface area contributed by atoms with Crippen molar-refractivity contribution in [2.24, 2.45) is 5.41 Å².